The van der Waals surface area contributed by atoms with E-state index in [0.717, 1.165) is 32.5 Å². The van der Waals surface area contributed by atoms with Crippen LogP contribution in [0, 0.1) is 11.3 Å². The van der Waals surface area contributed by atoms with Gasteiger partial charge >= 0.3 is 171 Å². The quantitative estimate of drug-likeness (QED) is 0.411. The van der Waals surface area contributed by atoms with Crippen molar-refractivity contribution < 1.29 is 0 Å². The molecule has 29 heavy (non-hydrogen) atoms. The van der Waals surface area contributed by atoms with Crippen LogP contribution in [0.25, 0.3) is 33.2 Å². The molecule has 1 unspecified atom stereocenters. The summed E-state index contributed by atoms with van der Waals surface area (Å²) >= 11 is 0.0346. The summed E-state index contributed by atoms with van der Waals surface area (Å²) in [6.07, 6.45) is 5.08. The van der Waals surface area contributed by atoms with E-state index in [0.29, 0.717) is 11.6 Å². The third kappa shape index (κ3) is 3.71. The molecule has 5 rings (SSSR count). The summed E-state index contributed by atoms with van der Waals surface area (Å²) in [5, 5.41) is 20.1. The van der Waals surface area contributed by atoms with E-state index in [1.807, 2.05) is 18.2 Å². The molecule has 0 spiro atoms. The van der Waals surface area contributed by atoms with Crippen molar-refractivity contribution in [3.05, 3.63) is 53.6 Å². The fourth-order valence-electron chi connectivity index (χ4n) is 4.30. The first-order valence-corrected chi connectivity index (χ1v) is 12.9. The summed E-state index contributed by atoms with van der Waals surface area (Å²) in [6.45, 7) is 0. The number of aromatic amines is 2. The Morgan fingerprint density at radius 2 is 1.93 bits per heavy atom. The van der Waals surface area contributed by atoms with E-state index >= 15 is 0 Å². The summed E-state index contributed by atoms with van der Waals surface area (Å²) < 4.78 is 0.945. The molecule has 0 amide bonds. The minimum atomic E-state index is 0.0346. The third-order valence-electron chi connectivity index (χ3n) is 6.00. The Balaban J connectivity index is 1.38. The zero-order valence-corrected chi connectivity index (χ0v) is 18.3. The van der Waals surface area contributed by atoms with Crippen molar-refractivity contribution in [3.63, 3.8) is 0 Å². The molecule has 6 heteroatoms. The standard InChI is InChI=1S/C23H24AsN5/c25-13-15-1-7-19-21(10-15)28-29-23(19)22-11-16-9-14(2-8-20(16)27-22)12-24-17-3-5-18(26)6-4-17/h1-2,7-11,17-18,24,27H,3-6,12,26H2,(H,28,29). The van der Waals surface area contributed by atoms with Crippen molar-refractivity contribution in [1.29, 1.82) is 5.26 Å². The van der Waals surface area contributed by atoms with Gasteiger partial charge in [0.15, 0.2) is 0 Å². The van der Waals surface area contributed by atoms with E-state index in [9.17, 15) is 0 Å². The number of aromatic nitrogens is 3. The van der Waals surface area contributed by atoms with Gasteiger partial charge in [0.1, 0.15) is 0 Å². The molecule has 2 heterocycles. The van der Waals surface area contributed by atoms with Gasteiger partial charge in [-0.3, -0.25) is 0 Å². The molecule has 1 atom stereocenters. The molecule has 4 N–H and O–H groups in total. The van der Waals surface area contributed by atoms with Crippen LogP contribution >= 0.6 is 0 Å². The van der Waals surface area contributed by atoms with Crippen molar-refractivity contribution in [2.75, 3.05) is 0 Å². The van der Waals surface area contributed by atoms with E-state index < -0.39 is 0 Å². The molecule has 2 aromatic heterocycles. The molecule has 4 aromatic rings. The number of hydrogen-bond donors (Lipinski definition) is 3. The van der Waals surface area contributed by atoms with Gasteiger partial charge in [-0.25, -0.2) is 0 Å². The number of H-pyrrole nitrogens is 2. The van der Waals surface area contributed by atoms with Gasteiger partial charge in [-0.2, -0.15) is 5.26 Å². The topological polar surface area (TPSA) is 94.3 Å². The Morgan fingerprint density at radius 3 is 2.76 bits per heavy atom. The molecule has 1 aliphatic rings. The maximum absolute atomic E-state index is 9.09. The summed E-state index contributed by atoms with van der Waals surface area (Å²) in [6, 6.07) is 17.2. The van der Waals surface area contributed by atoms with Gasteiger partial charge in [0.2, 0.25) is 0 Å². The van der Waals surface area contributed by atoms with E-state index in [1.165, 1.54) is 41.8 Å². The van der Waals surface area contributed by atoms with Crippen LogP contribution in [0.15, 0.2) is 42.5 Å². The first-order valence-electron chi connectivity index (χ1n) is 10.2. The third-order valence-corrected chi connectivity index (χ3v) is 9.71. The van der Waals surface area contributed by atoms with E-state index in [1.54, 1.807) is 0 Å². The van der Waals surface area contributed by atoms with Crippen LogP contribution in [0.1, 0.15) is 36.8 Å². The van der Waals surface area contributed by atoms with Gasteiger partial charge in [-0.05, 0) is 0 Å². The molecule has 0 aliphatic heterocycles. The predicted molar refractivity (Wildman–Crippen MR) is 119 cm³/mol. The van der Waals surface area contributed by atoms with Crippen LogP contribution in [-0.2, 0) is 5.21 Å². The van der Waals surface area contributed by atoms with Crippen LogP contribution < -0.4 is 5.73 Å². The van der Waals surface area contributed by atoms with Gasteiger partial charge in [0.05, 0.1) is 0 Å². The molecule has 5 nitrogen and oxygen atoms in total. The summed E-state index contributed by atoms with van der Waals surface area (Å²) in [5.74, 6) is 0. The Bertz CT molecular complexity index is 1210. The SMILES string of the molecule is N#Cc1ccc2c(-c3cc4cc(C[AsH]C5CCC(N)CC5)ccc4[nH]3)n[nH]c2c1. The average Bonchev–Trinajstić information content (AvgIpc) is 3.36. The second-order valence-corrected chi connectivity index (χ2v) is 11.4. The van der Waals surface area contributed by atoms with Gasteiger partial charge in [0.25, 0.3) is 0 Å². The molecule has 2 aromatic carbocycles. The van der Waals surface area contributed by atoms with Crippen molar-refractivity contribution in [2.45, 2.75) is 41.6 Å². The van der Waals surface area contributed by atoms with Crippen LogP contribution in [0.4, 0.5) is 0 Å². The molecule has 0 bridgehead atoms. The van der Waals surface area contributed by atoms with Gasteiger partial charge in [-0.1, -0.05) is 0 Å². The minimum absolute atomic E-state index is 0.0346. The monoisotopic (exact) mass is 445 g/mol. The number of nitriles is 1. The second-order valence-electron chi connectivity index (χ2n) is 8.04. The fourth-order valence-corrected chi connectivity index (χ4v) is 7.42. The summed E-state index contributed by atoms with van der Waals surface area (Å²) in [7, 11) is 0. The van der Waals surface area contributed by atoms with E-state index in [4.69, 9.17) is 11.0 Å². The molecule has 0 saturated heterocycles. The zero-order chi connectivity index (χ0) is 19.8. The summed E-state index contributed by atoms with van der Waals surface area (Å²) in [4.78, 5) is 3.51. The Hall–Kier alpha value is -2.54. The van der Waals surface area contributed by atoms with Crippen LogP contribution in [0.5, 0.6) is 0 Å². The van der Waals surface area contributed by atoms with E-state index in [2.05, 4.69) is 45.5 Å². The van der Waals surface area contributed by atoms with Crippen molar-refractivity contribution in [3.8, 4) is 17.5 Å². The Morgan fingerprint density at radius 1 is 1.07 bits per heavy atom. The van der Waals surface area contributed by atoms with Gasteiger partial charge in [-0.15, -0.1) is 0 Å². The number of fused-ring (bicyclic) bond motifs is 2. The molecule has 1 fully saturated rings. The van der Waals surface area contributed by atoms with Crippen LogP contribution in [-0.4, -0.2) is 37.0 Å². The Kier molecular flexibility index (Phi) is 4.91. The molecule has 0 radical (unpaired) electrons. The first kappa shape index (κ1) is 18.5. The fraction of sp³-hybridized carbons (Fsp3) is 0.304. The van der Waals surface area contributed by atoms with Gasteiger partial charge in [0, 0.05) is 0 Å². The Labute approximate surface area is 176 Å². The predicted octanol–water partition coefficient (Wildman–Crippen LogP) is 4.21. The average molecular weight is 445 g/mol. The number of benzene rings is 2. The van der Waals surface area contributed by atoms with Crippen LogP contribution in [0.2, 0.25) is 4.71 Å². The number of rotatable bonds is 4. The van der Waals surface area contributed by atoms with E-state index in [-0.39, 0.29) is 15.8 Å². The maximum atomic E-state index is 9.09. The number of hydrogen-bond acceptors (Lipinski definition) is 3. The summed E-state index contributed by atoms with van der Waals surface area (Å²) in [5.41, 5.74) is 12.1. The number of nitrogens with one attached hydrogen (secondary N) is 2. The van der Waals surface area contributed by atoms with Gasteiger partial charge < -0.3 is 0 Å². The number of nitrogens with zero attached hydrogens (tertiary/aromatic N) is 2. The molecule has 1 saturated carbocycles. The normalized spacial score (nSPS) is 20.0. The zero-order valence-electron chi connectivity index (χ0n) is 16.2. The molecular formula is C23H24AsN5. The molecule has 1 aliphatic carbocycles. The second kappa shape index (κ2) is 7.71. The first-order chi connectivity index (χ1) is 14.2. The number of nitrogens with two attached hydrogens (primary N) is 1. The van der Waals surface area contributed by atoms with Crippen molar-refractivity contribution in [2.24, 2.45) is 5.73 Å². The van der Waals surface area contributed by atoms with Crippen molar-refractivity contribution in [1.82, 2.24) is 15.2 Å². The van der Waals surface area contributed by atoms with Crippen molar-refractivity contribution >= 4 is 37.6 Å². The van der Waals surface area contributed by atoms with Crippen LogP contribution in [0.3, 0.4) is 0 Å². The molecule has 146 valence electrons. The molecular weight excluding hydrogens is 421 g/mol.